The van der Waals surface area contributed by atoms with E-state index in [0.717, 1.165) is 38.9 Å². The van der Waals surface area contributed by atoms with E-state index in [0.29, 0.717) is 5.69 Å². The molecule has 3 amide bonds. The fraction of sp³-hybridized carbons (Fsp3) is 0.227. The molecule has 0 spiro atoms. The quantitative estimate of drug-likeness (QED) is 0.535. The van der Waals surface area contributed by atoms with Crippen LogP contribution in [0.5, 0.6) is 5.75 Å². The van der Waals surface area contributed by atoms with Crippen molar-refractivity contribution in [3.63, 3.8) is 0 Å². The number of hydrogen-bond donors (Lipinski definition) is 1. The highest BCUT2D eigenvalue weighted by Crippen LogP contribution is 2.32. The van der Waals surface area contributed by atoms with E-state index in [-0.39, 0.29) is 17.6 Å². The minimum absolute atomic E-state index is 0.121. The Labute approximate surface area is 187 Å². The van der Waals surface area contributed by atoms with E-state index < -0.39 is 17.1 Å². The van der Waals surface area contributed by atoms with Crippen LogP contribution in [0.4, 0.5) is 10.5 Å². The molecule has 0 bridgehead atoms. The van der Waals surface area contributed by atoms with Gasteiger partial charge in [0.2, 0.25) is 5.91 Å². The lowest BCUT2D eigenvalue weighted by Crippen LogP contribution is -2.36. The van der Waals surface area contributed by atoms with Gasteiger partial charge in [0.1, 0.15) is 12.3 Å². The third kappa shape index (κ3) is 5.73. The van der Waals surface area contributed by atoms with E-state index in [2.05, 4.69) is 21.2 Å². The van der Waals surface area contributed by atoms with Crippen molar-refractivity contribution < 1.29 is 19.1 Å². The average molecular weight is 489 g/mol. The molecule has 6 nitrogen and oxygen atoms in total. The highest BCUT2D eigenvalue weighted by Gasteiger charge is 2.36. The molecule has 8 heteroatoms. The van der Waals surface area contributed by atoms with E-state index >= 15 is 0 Å². The molecule has 0 unspecified atom stereocenters. The van der Waals surface area contributed by atoms with Crippen LogP contribution in [0.2, 0.25) is 0 Å². The SMILES string of the molecule is CC[C@@H](C)Oc1ccc(/C=C2\SC(=O)N(CC(=O)Nc3ccc(Br)cc3)C2=O)cc1. The molecule has 0 saturated carbocycles. The van der Waals surface area contributed by atoms with Gasteiger partial charge in [0.15, 0.2) is 0 Å². The molecule has 1 heterocycles. The molecule has 30 heavy (non-hydrogen) atoms. The lowest BCUT2D eigenvalue weighted by molar-refractivity contribution is -0.127. The Morgan fingerprint density at radius 2 is 1.83 bits per heavy atom. The van der Waals surface area contributed by atoms with Crippen molar-refractivity contribution in [3.8, 4) is 5.75 Å². The van der Waals surface area contributed by atoms with Crippen LogP contribution in [0.1, 0.15) is 25.8 Å². The highest BCUT2D eigenvalue weighted by atomic mass is 79.9. The number of rotatable bonds is 7. The number of halogens is 1. The van der Waals surface area contributed by atoms with Gasteiger partial charge in [-0.15, -0.1) is 0 Å². The maximum Gasteiger partial charge on any atom is 0.294 e. The Morgan fingerprint density at radius 3 is 2.47 bits per heavy atom. The second-order valence-electron chi connectivity index (χ2n) is 6.73. The van der Waals surface area contributed by atoms with Crippen LogP contribution in [0, 0.1) is 0 Å². The third-order valence-corrected chi connectivity index (χ3v) is 5.83. The Hall–Kier alpha value is -2.58. The molecule has 1 fully saturated rings. The molecule has 2 aromatic carbocycles. The molecule has 0 radical (unpaired) electrons. The summed E-state index contributed by atoms with van der Waals surface area (Å²) < 4.78 is 6.63. The summed E-state index contributed by atoms with van der Waals surface area (Å²) in [4.78, 5) is 38.3. The fourth-order valence-corrected chi connectivity index (χ4v) is 3.73. The maximum absolute atomic E-state index is 12.6. The van der Waals surface area contributed by atoms with Crippen molar-refractivity contribution in [2.45, 2.75) is 26.4 Å². The van der Waals surface area contributed by atoms with Gasteiger partial charge >= 0.3 is 0 Å². The predicted molar refractivity (Wildman–Crippen MR) is 122 cm³/mol. The van der Waals surface area contributed by atoms with Gasteiger partial charge in [0.25, 0.3) is 11.1 Å². The summed E-state index contributed by atoms with van der Waals surface area (Å²) >= 11 is 4.15. The van der Waals surface area contributed by atoms with E-state index in [9.17, 15) is 14.4 Å². The zero-order valence-corrected chi connectivity index (χ0v) is 19.0. The van der Waals surface area contributed by atoms with Crippen molar-refractivity contribution >= 4 is 56.5 Å². The van der Waals surface area contributed by atoms with E-state index in [1.807, 2.05) is 38.1 Å². The zero-order chi connectivity index (χ0) is 21.7. The molecule has 156 valence electrons. The Morgan fingerprint density at radius 1 is 1.17 bits per heavy atom. The van der Waals surface area contributed by atoms with Crippen molar-refractivity contribution in [3.05, 3.63) is 63.5 Å². The van der Waals surface area contributed by atoms with Gasteiger partial charge in [-0.25, -0.2) is 0 Å². The predicted octanol–water partition coefficient (Wildman–Crippen LogP) is 5.30. The normalized spacial score (nSPS) is 16.1. The average Bonchev–Trinajstić information content (AvgIpc) is 2.98. The second-order valence-corrected chi connectivity index (χ2v) is 8.64. The highest BCUT2D eigenvalue weighted by molar-refractivity contribution is 9.10. The van der Waals surface area contributed by atoms with Gasteiger partial charge in [-0.3, -0.25) is 19.3 Å². The zero-order valence-electron chi connectivity index (χ0n) is 16.6. The first-order valence-electron chi connectivity index (χ1n) is 9.43. The van der Waals surface area contributed by atoms with Gasteiger partial charge in [-0.2, -0.15) is 0 Å². The maximum atomic E-state index is 12.6. The van der Waals surface area contributed by atoms with Crippen LogP contribution in [0.25, 0.3) is 6.08 Å². The van der Waals surface area contributed by atoms with Crippen molar-refractivity contribution in [2.24, 2.45) is 0 Å². The molecule has 0 aliphatic carbocycles. The Balaban J connectivity index is 1.63. The molecule has 1 aliphatic heterocycles. The first kappa shape index (κ1) is 22.1. The Bertz CT molecular complexity index is 974. The smallest absolute Gasteiger partial charge is 0.294 e. The van der Waals surface area contributed by atoms with Crippen LogP contribution in [-0.4, -0.2) is 34.6 Å². The number of hydrogen-bond acceptors (Lipinski definition) is 5. The van der Waals surface area contributed by atoms with Crippen LogP contribution in [-0.2, 0) is 9.59 Å². The number of carbonyl (C=O) groups excluding carboxylic acids is 3. The van der Waals surface area contributed by atoms with Crippen LogP contribution in [0.3, 0.4) is 0 Å². The Kier molecular flexibility index (Phi) is 7.33. The first-order valence-corrected chi connectivity index (χ1v) is 11.0. The third-order valence-electron chi connectivity index (χ3n) is 4.39. The van der Waals surface area contributed by atoms with Crippen LogP contribution in [0.15, 0.2) is 57.9 Å². The number of anilines is 1. The summed E-state index contributed by atoms with van der Waals surface area (Å²) in [6.07, 6.45) is 2.67. The van der Waals surface area contributed by atoms with Crippen molar-refractivity contribution in [2.75, 3.05) is 11.9 Å². The number of ether oxygens (including phenoxy) is 1. The van der Waals surface area contributed by atoms with Crippen molar-refractivity contribution in [1.29, 1.82) is 0 Å². The number of nitrogens with one attached hydrogen (secondary N) is 1. The minimum atomic E-state index is -0.476. The number of benzene rings is 2. The fourth-order valence-electron chi connectivity index (χ4n) is 2.62. The molecule has 1 aliphatic rings. The van der Waals surface area contributed by atoms with Gasteiger partial charge in [-0.1, -0.05) is 35.0 Å². The number of nitrogens with zero attached hydrogens (tertiary/aromatic N) is 1. The molecular formula is C22H21BrN2O4S. The largest absolute Gasteiger partial charge is 0.491 e. The van der Waals surface area contributed by atoms with E-state index in [1.165, 1.54) is 0 Å². The number of amides is 3. The van der Waals surface area contributed by atoms with Crippen LogP contribution >= 0.6 is 27.7 Å². The van der Waals surface area contributed by atoms with E-state index in [4.69, 9.17) is 4.74 Å². The lowest BCUT2D eigenvalue weighted by atomic mass is 10.2. The summed E-state index contributed by atoms with van der Waals surface area (Å²) in [6.45, 7) is 3.71. The molecular weight excluding hydrogens is 468 g/mol. The topological polar surface area (TPSA) is 75.7 Å². The second kappa shape index (κ2) is 9.95. The molecule has 1 saturated heterocycles. The van der Waals surface area contributed by atoms with Gasteiger partial charge in [0.05, 0.1) is 11.0 Å². The van der Waals surface area contributed by atoms with Crippen LogP contribution < -0.4 is 10.1 Å². The molecule has 1 atom stereocenters. The van der Waals surface area contributed by atoms with Crippen molar-refractivity contribution in [1.82, 2.24) is 4.90 Å². The number of imide groups is 1. The lowest BCUT2D eigenvalue weighted by Gasteiger charge is -2.12. The van der Waals surface area contributed by atoms with Gasteiger partial charge < -0.3 is 10.1 Å². The monoisotopic (exact) mass is 488 g/mol. The standard InChI is InChI=1S/C22H21BrN2O4S/c1-3-14(2)29-18-10-4-15(5-11-18)12-19-21(27)25(22(28)30-19)13-20(26)24-17-8-6-16(23)7-9-17/h4-12,14H,3,13H2,1-2H3,(H,24,26)/b19-12-/t14-/m1/s1. The molecule has 2 aromatic rings. The number of carbonyl (C=O) groups is 3. The molecule has 0 aromatic heterocycles. The van der Waals surface area contributed by atoms with E-state index in [1.54, 1.807) is 30.3 Å². The summed E-state index contributed by atoms with van der Waals surface area (Å²) in [5.41, 5.74) is 1.36. The van der Waals surface area contributed by atoms with Gasteiger partial charge in [-0.05, 0) is 73.1 Å². The first-order chi connectivity index (χ1) is 14.4. The number of thioether (sulfide) groups is 1. The van der Waals surface area contributed by atoms with Gasteiger partial charge in [0, 0.05) is 10.2 Å². The summed E-state index contributed by atoms with van der Waals surface area (Å²) in [5, 5.41) is 2.22. The molecule has 1 N–H and O–H groups in total. The summed E-state index contributed by atoms with van der Waals surface area (Å²) in [6, 6.07) is 14.3. The summed E-state index contributed by atoms with van der Waals surface area (Å²) in [5.74, 6) is -0.164. The summed E-state index contributed by atoms with van der Waals surface area (Å²) in [7, 11) is 0. The molecule has 3 rings (SSSR count). The minimum Gasteiger partial charge on any atom is -0.491 e.